The summed E-state index contributed by atoms with van der Waals surface area (Å²) in [7, 11) is -3.78. The van der Waals surface area contributed by atoms with Gasteiger partial charge in [0.1, 0.15) is 5.76 Å². The lowest BCUT2D eigenvalue weighted by Gasteiger charge is -2.05. The molecule has 7 heteroatoms. The number of ketones is 1. The summed E-state index contributed by atoms with van der Waals surface area (Å²) in [4.78, 5) is 11.2. The molecule has 2 aromatic rings. The monoisotopic (exact) mass is 280 g/mol. The van der Waals surface area contributed by atoms with Gasteiger partial charge >= 0.3 is 0 Å². The minimum absolute atomic E-state index is 0.000790. The van der Waals surface area contributed by atoms with Crippen molar-refractivity contribution in [1.29, 1.82) is 0 Å². The van der Waals surface area contributed by atoms with E-state index in [-0.39, 0.29) is 16.5 Å². The predicted octanol–water partition coefficient (Wildman–Crippen LogP) is 1.99. The summed E-state index contributed by atoms with van der Waals surface area (Å²) in [6.07, 6.45) is 0. The molecule has 1 aromatic carbocycles. The van der Waals surface area contributed by atoms with Gasteiger partial charge in [-0.3, -0.25) is 9.52 Å². The summed E-state index contributed by atoms with van der Waals surface area (Å²) in [5.74, 6) is 0.398. The summed E-state index contributed by atoms with van der Waals surface area (Å²) in [5.41, 5.74) is 0.333. The Hall–Kier alpha value is -2.15. The van der Waals surface area contributed by atoms with Crippen LogP contribution < -0.4 is 4.72 Å². The maximum absolute atomic E-state index is 12.1. The minimum atomic E-state index is -3.78. The van der Waals surface area contributed by atoms with Crippen molar-refractivity contribution in [1.82, 2.24) is 5.16 Å². The van der Waals surface area contributed by atoms with E-state index >= 15 is 0 Å². The molecular weight excluding hydrogens is 268 g/mol. The highest BCUT2D eigenvalue weighted by Gasteiger charge is 2.17. The van der Waals surface area contributed by atoms with E-state index in [1.165, 1.54) is 31.2 Å². The number of sulfonamides is 1. The number of hydrogen-bond donors (Lipinski definition) is 1. The molecule has 2 rings (SSSR count). The third kappa shape index (κ3) is 3.00. The molecule has 0 spiro atoms. The van der Waals surface area contributed by atoms with E-state index in [9.17, 15) is 13.2 Å². The average Bonchev–Trinajstić information content (AvgIpc) is 2.74. The Labute approximate surface area is 110 Å². The molecule has 1 aromatic heterocycles. The van der Waals surface area contributed by atoms with Crippen LogP contribution in [0.1, 0.15) is 23.0 Å². The van der Waals surface area contributed by atoms with Crippen molar-refractivity contribution in [2.24, 2.45) is 0 Å². The number of aromatic nitrogens is 1. The van der Waals surface area contributed by atoms with E-state index in [1.807, 2.05) is 0 Å². The largest absolute Gasteiger partial charge is 0.360 e. The van der Waals surface area contributed by atoms with Crippen LogP contribution in [0.5, 0.6) is 0 Å². The summed E-state index contributed by atoms with van der Waals surface area (Å²) in [6.45, 7) is 3.03. The number of rotatable bonds is 4. The van der Waals surface area contributed by atoms with Crippen LogP contribution in [0.25, 0.3) is 0 Å². The topological polar surface area (TPSA) is 89.3 Å². The number of nitrogens with zero attached hydrogens (tertiary/aromatic N) is 1. The van der Waals surface area contributed by atoms with Crippen molar-refractivity contribution in [2.45, 2.75) is 18.7 Å². The van der Waals surface area contributed by atoms with Crippen molar-refractivity contribution < 1.29 is 17.7 Å². The Morgan fingerprint density at radius 1 is 1.32 bits per heavy atom. The first-order chi connectivity index (χ1) is 8.88. The summed E-state index contributed by atoms with van der Waals surface area (Å²) >= 11 is 0. The average molecular weight is 280 g/mol. The van der Waals surface area contributed by atoms with Crippen LogP contribution in [-0.2, 0) is 10.0 Å². The Bertz CT molecular complexity index is 719. The van der Waals surface area contributed by atoms with Crippen molar-refractivity contribution in [3.63, 3.8) is 0 Å². The molecule has 0 bridgehead atoms. The molecule has 1 N–H and O–H groups in total. The highest BCUT2D eigenvalue weighted by atomic mass is 32.2. The fourth-order valence-electron chi connectivity index (χ4n) is 1.49. The lowest BCUT2D eigenvalue weighted by atomic mass is 10.2. The highest BCUT2D eigenvalue weighted by molar-refractivity contribution is 7.92. The molecule has 19 heavy (non-hydrogen) atoms. The normalized spacial score (nSPS) is 11.3. The Balaban J connectivity index is 2.34. The van der Waals surface area contributed by atoms with Gasteiger partial charge in [-0.05, 0) is 26.0 Å². The van der Waals surface area contributed by atoms with Gasteiger partial charge in [0.2, 0.25) is 0 Å². The molecule has 1 heterocycles. The quantitative estimate of drug-likeness (QED) is 0.865. The predicted molar refractivity (Wildman–Crippen MR) is 68.5 cm³/mol. The zero-order valence-corrected chi connectivity index (χ0v) is 11.2. The van der Waals surface area contributed by atoms with Gasteiger partial charge in [-0.2, -0.15) is 0 Å². The highest BCUT2D eigenvalue weighted by Crippen LogP contribution is 2.17. The van der Waals surface area contributed by atoms with Gasteiger partial charge < -0.3 is 4.52 Å². The molecule has 0 aliphatic carbocycles. The molecule has 0 aliphatic heterocycles. The second kappa shape index (κ2) is 4.85. The minimum Gasteiger partial charge on any atom is -0.360 e. The molecule has 0 fully saturated rings. The third-order valence-corrected chi connectivity index (χ3v) is 3.77. The van der Waals surface area contributed by atoms with Crippen LogP contribution in [0.4, 0.5) is 5.82 Å². The Morgan fingerprint density at radius 2 is 2.05 bits per heavy atom. The molecular formula is C12H12N2O4S. The number of Topliss-reactive ketones (excluding diaryl/α,β-unsaturated/α-hetero) is 1. The van der Waals surface area contributed by atoms with Crippen LogP contribution >= 0.6 is 0 Å². The number of hydrogen-bond acceptors (Lipinski definition) is 5. The van der Waals surface area contributed by atoms with Crippen LogP contribution in [-0.4, -0.2) is 19.4 Å². The smallest absolute Gasteiger partial charge is 0.263 e. The van der Waals surface area contributed by atoms with Crippen LogP contribution in [0.3, 0.4) is 0 Å². The number of nitrogens with one attached hydrogen (secondary N) is 1. The number of aryl methyl sites for hydroxylation is 1. The molecule has 0 amide bonds. The van der Waals surface area contributed by atoms with E-state index in [4.69, 9.17) is 4.52 Å². The Morgan fingerprint density at radius 3 is 2.63 bits per heavy atom. The number of anilines is 1. The van der Waals surface area contributed by atoms with Crippen molar-refractivity contribution in [3.05, 3.63) is 41.7 Å². The first-order valence-corrected chi connectivity index (χ1v) is 6.94. The van der Waals surface area contributed by atoms with E-state index in [1.54, 1.807) is 13.0 Å². The number of benzene rings is 1. The fourth-order valence-corrected chi connectivity index (χ4v) is 2.52. The van der Waals surface area contributed by atoms with Gasteiger partial charge in [0, 0.05) is 11.6 Å². The van der Waals surface area contributed by atoms with E-state index in [2.05, 4.69) is 9.88 Å². The van der Waals surface area contributed by atoms with E-state index < -0.39 is 10.0 Å². The standard InChI is InChI=1S/C12H12N2O4S/c1-8-6-12(13-18-8)14-19(16,17)11-5-3-4-10(7-11)9(2)15/h3-7H,1-2H3,(H,13,14). The summed E-state index contributed by atoms with van der Waals surface area (Å²) in [6, 6.07) is 7.26. The van der Waals surface area contributed by atoms with Crippen molar-refractivity contribution >= 4 is 21.6 Å². The lowest BCUT2D eigenvalue weighted by Crippen LogP contribution is -2.13. The molecule has 6 nitrogen and oxygen atoms in total. The number of carbonyl (C=O) groups is 1. The lowest BCUT2D eigenvalue weighted by molar-refractivity contribution is 0.101. The van der Waals surface area contributed by atoms with Gasteiger partial charge in [-0.25, -0.2) is 8.42 Å². The van der Waals surface area contributed by atoms with Gasteiger partial charge in [-0.1, -0.05) is 17.3 Å². The maximum Gasteiger partial charge on any atom is 0.263 e. The molecule has 0 saturated heterocycles. The van der Waals surface area contributed by atoms with Gasteiger partial charge in [-0.15, -0.1) is 0 Å². The van der Waals surface area contributed by atoms with E-state index in [0.29, 0.717) is 11.3 Å². The van der Waals surface area contributed by atoms with Crippen LogP contribution in [0.15, 0.2) is 39.8 Å². The fraction of sp³-hybridized carbons (Fsp3) is 0.167. The zero-order valence-electron chi connectivity index (χ0n) is 10.4. The zero-order chi connectivity index (χ0) is 14.0. The molecule has 0 saturated carbocycles. The van der Waals surface area contributed by atoms with Crippen molar-refractivity contribution in [2.75, 3.05) is 4.72 Å². The van der Waals surface area contributed by atoms with E-state index in [0.717, 1.165) is 0 Å². The summed E-state index contributed by atoms with van der Waals surface area (Å²) in [5, 5.41) is 3.55. The first kappa shape index (κ1) is 13.3. The SMILES string of the molecule is CC(=O)c1cccc(S(=O)(=O)Nc2cc(C)on2)c1. The summed E-state index contributed by atoms with van der Waals surface area (Å²) < 4.78 is 31.2. The van der Waals surface area contributed by atoms with Gasteiger partial charge in [0.25, 0.3) is 10.0 Å². The van der Waals surface area contributed by atoms with Gasteiger partial charge in [0.05, 0.1) is 4.90 Å². The molecule has 0 atom stereocenters. The molecule has 100 valence electrons. The molecule has 0 unspecified atom stereocenters. The van der Waals surface area contributed by atoms with Crippen LogP contribution in [0.2, 0.25) is 0 Å². The van der Waals surface area contributed by atoms with Crippen molar-refractivity contribution in [3.8, 4) is 0 Å². The second-order valence-corrected chi connectivity index (χ2v) is 5.69. The molecule has 0 radical (unpaired) electrons. The molecule has 0 aliphatic rings. The Kier molecular flexibility index (Phi) is 3.39. The van der Waals surface area contributed by atoms with Crippen LogP contribution in [0, 0.1) is 6.92 Å². The third-order valence-electron chi connectivity index (χ3n) is 2.42. The second-order valence-electron chi connectivity index (χ2n) is 4.01. The van der Waals surface area contributed by atoms with Gasteiger partial charge in [0.15, 0.2) is 11.6 Å². The number of carbonyl (C=O) groups excluding carboxylic acids is 1. The first-order valence-electron chi connectivity index (χ1n) is 5.45. The maximum atomic E-state index is 12.1.